The average molecular weight is 353 g/mol. The van der Waals surface area contributed by atoms with Crippen molar-refractivity contribution in [3.05, 3.63) is 18.2 Å². The van der Waals surface area contributed by atoms with Crippen LogP contribution in [-0.2, 0) is 14.6 Å². The minimum absolute atomic E-state index is 0.0289. The second-order valence-corrected chi connectivity index (χ2v) is 9.13. The Morgan fingerprint density at radius 3 is 2.70 bits per heavy atom. The molecule has 1 saturated heterocycles. The maximum atomic E-state index is 11.9. The Morgan fingerprint density at radius 1 is 1.39 bits per heavy atom. The molecule has 3 rings (SSSR count). The summed E-state index contributed by atoms with van der Waals surface area (Å²) in [6, 6.07) is 5.32. The van der Waals surface area contributed by atoms with Crippen LogP contribution in [0.25, 0.3) is 10.2 Å². The summed E-state index contributed by atoms with van der Waals surface area (Å²) in [6.07, 6.45) is 1.19. The second-order valence-electron chi connectivity index (χ2n) is 6.14. The van der Waals surface area contributed by atoms with Crippen molar-refractivity contribution in [2.75, 3.05) is 24.2 Å². The maximum absolute atomic E-state index is 11.9. The minimum atomic E-state index is -3.31. The first-order valence-corrected chi connectivity index (χ1v) is 10.1. The summed E-state index contributed by atoms with van der Waals surface area (Å²) in [6.45, 7) is 5.11. The van der Waals surface area contributed by atoms with E-state index >= 15 is 0 Å². The van der Waals surface area contributed by atoms with Crippen molar-refractivity contribution in [1.82, 2.24) is 10.3 Å². The third-order valence-corrected chi connectivity index (χ3v) is 5.93. The van der Waals surface area contributed by atoms with E-state index in [9.17, 15) is 13.2 Å². The van der Waals surface area contributed by atoms with Gasteiger partial charge in [-0.25, -0.2) is 13.4 Å². The number of nitrogens with zero attached hydrogens (tertiary/aromatic N) is 2. The number of anilines is 1. The van der Waals surface area contributed by atoms with Crippen molar-refractivity contribution < 1.29 is 13.2 Å². The molecule has 2 heterocycles. The number of nitrogens with one attached hydrogen (secondary N) is 1. The van der Waals surface area contributed by atoms with Crippen molar-refractivity contribution in [2.45, 2.75) is 24.8 Å². The quantitative estimate of drug-likeness (QED) is 0.904. The second kappa shape index (κ2) is 5.76. The van der Waals surface area contributed by atoms with E-state index in [0.717, 1.165) is 9.83 Å². The number of fused-ring (bicyclic) bond motifs is 1. The van der Waals surface area contributed by atoms with Gasteiger partial charge in [0, 0.05) is 25.4 Å². The number of hydrogen-bond acceptors (Lipinski definition) is 6. The van der Waals surface area contributed by atoms with Crippen molar-refractivity contribution in [1.29, 1.82) is 0 Å². The smallest absolute Gasteiger partial charge is 0.226 e. The number of thiazole rings is 1. The zero-order valence-corrected chi connectivity index (χ0v) is 14.9. The highest BCUT2D eigenvalue weighted by Gasteiger charge is 2.34. The molecule has 0 atom stereocenters. The summed E-state index contributed by atoms with van der Waals surface area (Å²) in [5, 5.41) is 3.68. The van der Waals surface area contributed by atoms with Crippen molar-refractivity contribution >= 4 is 42.4 Å². The first-order valence-electron chi connectivity index (χ1n) is 7.40. The van der Waals surface area contributed by atoms with E-state index in [1.54, 1.807) is 12.1 Å². The normalized spacial score (nSPS) is 15.9. The molecule has 1 aliphatic heterocycles. The molecule has 1 N–H and O–H groups in total. The fourth-order valence-corrected chi connectivity index (χ4v) is 4.46. The molecular formula is C15H19N3O3S2. The molecule has 1 aromatic heterocycles. The lowest BCUT2D eigenvalue weighted by atomic mass is 10.00. The largest absolute Gasteiger partial charge is 0.354 e. The molecule has 8 heteroatoms. The van der Waals surface area contributed by atoms with Crippen molar-refractivity contribution in [3.8, 4) is 0 Å². The third-order valence-electron chi connectivity index (χ3n) is 3.72. The maximum Gasteiger partial charge on any atom is 0.226 e. The molecule has 0 spiro atoms. The molecule has 6 nitrogen and oxygen atoms in total. The Labute approximate surface area is 139 Å². The van der Waals surface area contributed by atoms with E-state index < -0.39 is 9.84 Å². The van der Waals surface area contributed by atoms with Crippen LogP contribution in [0.3, 0.4) is 0 Å². The van der Waals surface area contributed by atoms with Gasteiger partial charge >= 0.3 is 0 Å². The lowest BCUT2D eigenvalue weighted by Gasteiger charge is -2.38. The topological polar surface area (TPSA) is 79.4 Å². The van der Waals surface area contributed by atoms with Gasteiger partial charge in [-0.3, -0.25) is 4.79 Å². The van der Waals surface area contributed by atoms with E-state index in [1.165, 1.54) is 17.6 Å². The van der Waals surface area contributed by atoms with Crippen LogP contribution in [0.15, 0.2) is 23.1 Å². The van der Waals surface area contributed by atoms with Crippen LogP contribution >= 0.6 is 11.3 Å². The van der Waals surface area contributed by atoms with Gasteiger partial charge in [-0.05, 0) is 26.0 Å². The Bertz CT molecular complexity index is 852. The summed E-state index contributed by atoms with van der Waals surface area (Å²) in [4.78, 5) is 18.7. The highest BCUT2D eigenvalue weighted by molar-refractivity contribution is 7.91. The van der Waals surface area contributed by atoms with Gasteiger partial charge in [-0.15, -0.1) is 0 Å². The molecule has 2 aromatic rings. The van der Waals surface area contributed by atoms with E-state index in [1.807, 2.05) is 24.8 Å². The first kappa shape index (κ1) is 16.2. The summed E-state index contributed by atoms with van der Waals surface area (Å²) >= 11 is 1.46. The lowest BCUT2D eigenvalue weighted by molar-refractivity contribution is -0.126. The molecular weight excluding hydrogens is 334 g/mol. The van der Waals surface area contributed by atoms with Crippen LogP contribution in [0.2, 0.25) is 0 Å². The number of hydrogen-bond donors (Lipinski definition) is 1. The SMILES string of the molecule is CC(C)NC(=O)C1CN(c2nc3c(S(C)(=O)=O)cccc3s2)C1. The van der Waals surface area contributed by atoms with Crippen molar-refractivity contribution in [2.24, 2.45) is 5.92 Å². The molecule has 1 aromatic carbocycles. The number of aromatic nitrogens is 1. The van der Waals surface area contributed by atoms with E-state index in [4.69, 9.17) is 0 Å². The summed E-state index contributed by atoms with van der Waals surface area (Å²) in [7, 11) is -3.31. The third kappa shape index (κ3) is 3.18. The van der Waals surface area contributed by atoms with Crippen LogP contribution in [0.5, 0.6) is 0 Å². The molecule has 1 amide bonds. The van der Waals surface area contributed by atoms with Gasteiger partial charge < -0.3 is 10.2 Å². The number of sulfone groups is 1. The number of benzene rings is 1. The van der Waals surface area contributed by atoms with E-state index in [2.05, 4.69) is 10.3 Å². The zero-order valence-electron chi connectivity index (χ0n) is 13.2. The van der Waals surface area contributed by atoms with E-state index in [-0.39, 0.29) is 22.8 Å². The van der Waals surface area contributed by atoms with Crippen LogP contribution < -0.4 is 10.2 Å². The fourth-order valence-electron chi connectivity index (χ4n) is 2.55. The molecule has 0 radical (unpaired) electrons. The molecule has 1 fully saturated rings. The van der Waals surface area contributed by atoms with Crippen LogP contribution in [0.1, 0.15) is 13.8 Å². The lowest BCUT2D eigenvalue weighted by Crippen LogP contribution is -2.54. The van der Waals surface area contributed by atoms with Crippen LogP contribution in [-0.4, -0.2) is 44.7 Å². The monoisotopic (exact) mass is 353 g/mol. The van der Waals surface area contributed by atoms with Gasteiger partial charge in [0.25, 0.3) is 0 Å². The summed E-state index contributed by atoms with van der Waals surface area (Å²) in [5.74, 6) is 0.0352. The average Bonchev–Trinajstić information content (AvgIpc) is 2.77. The number of carbonyl (C=O) groups is 1. The first-order chi connectivity index (χ1) is 10.8. The number of carbonyl (C=O) groups excluding carboxylic acids is 1. The fraction of sp³-hybridized carbons (Fsp3) is 0.467. The Morgan fingerprint density at radius 2 is 2.09 bits per heavy atom. The molecule has 23 heavy (non-hydrogen) atoms. The predicted octanol–water partition coefficient (Wildman–Crippen LogP) is 1.66. The van der Waals surface area contributed by atoms with Crippen LogP contribution in [0.4, 0.5) is 5.13 Å². The number of amides is 1. The van der Waals surface area contributed by atoms with Crippen molar-refractivity contribution in [3.63, 3.8) is 0 Å². The zero-order chi connectivity index (χ0) is 16.8. The Kier molecular flexibility index (Phi) is 4.05. The Hall–Kier alpha value is -1.67. The van der Waals surface area contributed by atoms with Gasteiger partial charge in [0.2, 0.25) is 5.91 Å². The number of para-hydroxylation sites is 1. The van der Waals surface area contributed by atoms with E-state index in [0.29, 0.717) is 18.6 Å². The Balaban J connectivity index is 1.80. The van der Waals surface area contributed by atoms with Gasteiger partial charge in [-0.1, -0.05) is 17.4 Å². The summed E-state index contributed by atoms with van der Waals surface area (Å²) in [5.41, 5.74) is 0.519. The minimum Gasteiger partial charge on any atom is -0.354 e. The molecule has 124 valence electrons. The highest BCUT2D eigenvalue weighted by Crippen LogP contribution is 2.35. The molecule has 1 aliphatic rings. The van der Waals surface area contributed by atoms with Gasteiger partial charge in [0.15, 0.2) is 15.0 Å². The molecule has 0 aliphatic carbocycles. The standard InChI is InChI=1S/C15H19N3O3S2/c1-9(2)16-14(19)10-7-18(8-10)15-17-13-11(22-15)5-4-6-12(13)23(3,20)21/h4-6,9-10H,7-8H2,1-3H3,(H,16,19). The highest BCUT2D eigenvalue weighted by atomic mass is 32.2. The predicted molar refractivity (Wildman–Crippen MR) is 91.7 cm³/mol. The number of rotatable bonds is 4. The molecule has 0 bridgehead atoms. The molecule has 0 unspecified atom stereocenters. The van der Waals surface area contributed by atoms with Gasteiger partial charge in [0.05, 0.1) is 15.5 Å². The molecule has 0 saturated carbocycles. The van der Waals surface area contributed by atoms with Gasteiger partial charge in [0.1, 0.15) is 5.52 Å². The van der Waals surface area contributed by atoms with Gasteiger partial charge in [-0.2, -0.15) is 0 Å². The van der Waals surface area contributed by atoms with Crippen LogP contribution in [0, 0.1) is 5.92 Å². The summed E-state index contributed by atoms with van der Waals surface area (Å²) < 4.78 is 24.5.